The Balaban J connectivity index is 2.12. The van der Waals surface area contributed by atoms with Gasteiger partial charge in [0, 0.05) is 18.1 Å². The summed E-state index contributed by atoms with van der Waals surface area (Å²) < 4.78 is 46.7. The SMILES string of the molecule is Cc1ccc([C@@]2(C(F)(F)F)CC(c3ccccc3)=CC(=O)O2)cc1. The number of aryl methyl sites for hydroxylation is 1. The van der Waals surface area contributed by atoms with Crippen LogP contribution in [-0.2, 0) is 15.1 Å². The Labute approximate surface area is 137 Å². The number of carbonyl (C=O) groups is 1. The number of esters is 1. The van der Waals surface area contributed by atoms with Gasteiger partial charge in [-0.25, -0.2) is 4.79 Å². The van der Waals surface area contributed by atoms with Crippen LogP contribution in [0.25, 0.3) is 5.57 Å². The summed E-state index contributed by atoms with van der Waals surface area (Å²) in [6.45, 7) is 1.78. The maximum atomic E-state index is 13.9. The van der Waals surface area contributed by atoms with Gasteiger partial charge >= 0.3 is 12.1 Å². The molecule has 2 nitrogen and oxygen atoms in total. The van der Waals surface area contributed by atoms with Crippen molar-refractivity contribution in [2.24, 2.45) is 0 Å². The van der Waals surface area contributed by atoms with Crippen molar-refractivity contribution in [2.45, 2.75) is 25.1 Å². The van der Waals surface area contributed by atoms with Crippen molar-refractivity contribution < 1.29 is 22.7 Å². The van der Waals surface area contributed by atoms with Crippen LogP contribution in [0.4, 0.5) is 13.2 Å². The summed E-state index contributed by atoms with van der Waals surface area (Å²) in [4.78, 5) is 12.0. The summed E-state index contributed by atoms with van der Waals surface area (Å²) in [6.07, 6.45) is -4.05. The predicted octanol–water partition coefficient (Wildman–Crippen LogP) is 4.78. The first-order valence-corrected chi connectivity index (χ1v) is 7.45. The van der Waals surface area contributed by atoms with Gasteiger partial charge in [-0.05, 0) is 18.1 Å². The molecule has 0 amide bonds. The number of benzene rings is 2. The number of halogens is 3. The van der Waals surface area contributed by atoms with Crippen molar-refractivity contribution in [3.8, 4) is 0 Å². The third-order valence-electron chi connectivity index (χ3n) is 4.13. The summed E-state index contributed by atoms with van der Waals surface area (Å²) in [7, 11) is 0. The van der Waals surface area contributed by atoms with Crippen LogP contribution >= 0.6 is 0 Å². The smallest absolute Gasteiger partial charge is 0.433 e. The number of alkyl halides is 3. The third kappa shape index (κ3) is 2.82. The molecule has 1 atom stereocenters. The van der Waals surface area contributed by atoms with Gasteiger partial charge in [0.25, 0.3) is 0 Å². The van der Waals surface area contributed by atoms with Crippen molar-refractivity contribution in [1.29, 1.82) is 0 Å². The molecule has 0 bridgehead atoms. The van der Waals surface area contributed by atoms with Crippen LogP contribution in [-0.4, -0.2) is 12.1 Å². The van der Waals surface area contributed by atoms with Gasteiger partial charge in [-0.15, -0.1) is 0 Å². The second-order valence-corrected chi connectivity index (χ2v) is 5.82. The number of hydrogen-bond donors (Lipinski definition) is 0. The minimum absolute atomic E-state index is 0.0736. The van der Waals surface area contributed by atoms with Crippen LogP contribution in [0.5, 0.6) is 0 Å². The summed E-state index contributed by atoms with van der Waals surface area (Å²) >= 11 is 0. The minimum Gasteiger partial charge on any atom is -0.441 e. The van der Waals surface area contributed by atoms with Gasteiger partial charge < -0.3 is 4.74 Å². The average Bonchev–Trinajstić information content (AvgIpc) is 2.54. The largest absolute Gasteiger partial charge is 0.441 e. The molecule has 0 radical (unpaired) electrons. The van der Waals surface area contributed by atoms with Crippen LogP contribution in [0.3, 0.4) is 0 Å². The highest BCUT2D eigenvalue weighted by Gasteiger charge is 2.60. The zero-order chi connectivity index (χ0) is 17.4. The van der Waals surface area contributed by atoms with Gasteiger partial charge in [-0.3, -0.25) is 0 Å². The molecule has 0 saturated heterocycles. The normalized spacial score (nSPS) is 21.2. The van der Waals surface area contributed by atoms with E-state index in [1.165, 1.54) is 12.1 Å². The van der Waals surface area contributed by atoms with Crippen molar-refractivity contribution >= 4 is 11.5 Å². The Bertz CT molecular complexity index is 777. The lowest BCUT2D eigenvalue weighted by molar-refractivity contribution is -0.274. The lowest BCUT2D eigenvalue weighted by Crippen LogP contribution is -2.48. The first kappa shape index (κ1) is 16.3. The quantitative estimate of drug-likeness (QED) is 0.740. The summed E-state index contributed by atoms with van der Waals surface area (Å²) in [5.41, 5.74) is -1.02. The van der Waals surface area contributed by atoms with Gasteiger partial charge in [0.1, 0.15) is 0 Å². The van der Waals surface area contributed by atoms with E-state index in [0.717, 1.165) is 11.6 Å². The monoisotopic (exact) mass is 332 g/mol. The number of ether oxygens (including phenoxy) is 1. The summed E-state index contributed by atoms with van der Waals surface area (Å²) in [5, 5.41) is 0. The molecule has 0 spiro atoms. The fraction of sp³-hybridized carbons (Fsp3) is 0.211. The lowest BCUT2D eigenvalue weighted by Gasteiger charge is -2.38. The van der Waals surface area contributed by atoms with Crippen LogP contribution in [0.2, 0.25) is 0 Å². The van der Waals surface area contributed by atoms with Crippen LogP contribution < -0.4 is 0 Å². The van der Waals surface area contributed by atoms with E-state index in [9.17, 15) is 18.0 Å². The first-order valence-electron chi connectivity index (χ1n) is 7.45. The Morgan fingerprint density at radius 1 is 1.00 bits per heavy atom. The average molecular weight is 332 g/mol. The number of hydrogen-bond acceptors (Lipinski definition) is 2. The summed E-state index contributed by atoms with van der Waals surface area (Å²) in [6, 6.07) is 14.5. The molecular weight excluding hydrogens is 317 g/mol. The molecule has 1 heterocycles. The maximum absolute atomic E-state index is 13.9. The molecule has 2 aromatic carbocycles. The molecule has 24 heavy (non-hydrogen) atoms. The van der Waals surface area contributed by atoms with E-state index in [2.05, 4.69) is 0 Å². The molecule has 5 heteroatoms. The zero-order valence-electron chi connectivity index (χ0n) is 12.9. The second-order valence-electron chi connectivity index (χ2n) is 5.82. The molecule has 0 aromatic heterocycles. The molecule has 2 aromatic rings. The van der Waals surface area contributed by atoms with Crippen LogP contribution in [0, 0.1) is 6.92 Å². The van der Waals surface area contributed by atoms with Gasteiger partial charge in [0.05, 0.1) is 0 Å². The standard InChI is InChI=1S/C19H15F3O2/c1-13-7-9-16(10-8-13)18(19(20,21)22)12-15(11-17(23)24-18)14-5-3-2-4-6-14/h2-11H,12H2,1H3/t18-/m1/s1. The van der Waals surface area contributed by atoms with E-state index in [-0.39, 0.29) is 5.56 Å². The van der Waals surface area contributed by atoms with Gasteiger partial charge in [-0.1, -0.05) is 60.2 Å². The van der Waals surface area contributed by atoms with E-state index in [1.54, 1.807) is 49.4 Å². The third-order valence-corrected chi connectivity index (χ3v) is 4.13. The van der Waals surface area contributed by atoms with Gasteiger partial charge in [-0.2, -0.15) is 13.2 Å². The van der Waals surface area contributed by atoms with E-state index in [1.807, 2.05) is 0 Å². The molecule has 0 aliphatic carbocycles. The highest BCUT2D eigenvalue weighted by molar-refractivity contribution is 5.94. The molecule has 0 N–H and O–H groups in total. The molecule has 124 valence electrons. The molecule has 0 unspecified atom stereocenters. The summed E-state index contributed by atoms with van der Waals surface area (Å²) in [5.74, 6) is -0.988. The Morgan fingerprint density at radius 3 is 2.21 bits per heavy atom. The Morgan fingerprint density at radius 2 is 1.62 bits per heavy atom. The van der Waals surface area contributed by atoms with E-state index in [0.29, 0.717) is 11.1 Å². The zero-order valence-corrected chi connectivity index (χ0v) is 12.9. The second kappa shape index (κ2) is 5.82. The highest BCUT2D eigenvalue weighted by Crippen LogP contribution is 2.50. The first-order chi connectivity index (χ1) is 11.3. The number of carbonyl (C=O) groups excluding carboxylic acids is 1. The van der Waals surface area contributed by atoms with E-state index < -0.39 is 24.2 Å². The minimum atomic E-state index is -4.73. The fourth-order valence-corrected chi connectivity index (χ4v) is 2.84. The lowest BCUT2D eigenvalue weighted by atomic mass is 9.82. The van der Waals surface area contributed by atoms with Crippen molar-refractivity contribution in [2.75, 3.05) is 0 Å². The van der Waals surface area contributed by atoms with Crippen LogP contribution in [0.15, 0.2) is 60.7 Å². The Hall–Kier alpha value is -2.56. The van der Waals surface area contributed by atoms with Crippen molar-refractivity contribution in [3.63, 3.8) is 0 Å². The van der Waals surface area contributed by atoms with Gasteiger partial charge in [0.2, 0.25) is 5.60 Å². The van der Waals surface area contributed by atoms with Crippen LogP contribution in [0.1, 0.15) is 23.1 Å². The molecule has 1 aliphatic rings. The van der Waals surface area contributed by atoms with Gasteiger partial charge in [0.15, 0.2) is 0 Å². The number of rotatable bonds is 2. The highest BCUT2D eigenvalue weighted by atomic mass is 19.4. The van der Waals surface area contributed by atoms with E-state index in [4.69, 9.17) is 4.74 Å². The Kier molecular flexibility index (Phi) is 3.95. The molecule has 0 fully saturated rings. The van der Waals surface area contributed by atoms with E-state index >= 15 is 0 Å². The van der Waals surface area contributed by atoms with Crippen molar-refractivity contribution in [1.82, 2.24) is 0 Å². The fourth-order valence-electron chi connectivity index (χ4n) is 2.84. The molecular formula is C19H15F3O2. The number of cyclic esters (lactones) is 1. The molecule has 0 saturated carbocycles. The molecule has 1 aliphatic heterocycles. The predicted molar refractivity (Wildman–Crippen MR) is 84.0 cm³/mol. The topological polar surface area (TPSA) is 26.3 Å². The van der Waals surface area contributed by atoms with Crippen molar-refractivity contribution in [3.05, 3.63) is 77.4 Å². The molecule has 3 rings (SSSR count). The maximum Gasteiger partial charge on any atom is 0.433 e.